The minimum atomic E-state index is -1.29. The number of hydrogen-bond donors (Lipinski definition) is 1. The molecule has 1 unspecified atom stereocenters. The topological polar surface area (TPSA) is 20.2 Å². The molecule has 0 aliphatic carbocycles. The van der Waals surface area contributed by atoms with Crippen LogP contribution in [0.4, 0.5) is 4.39 Å². The van der Waals surface area contributed by atoms with E-state index in [1.807, 2.05) is 37.3 Å². The summed E-state index contributed by atoms with van der Waals surface area (Å²) < 4.78 is 14.9. The van der Waals surface area contributed by atoms with Gasteiger partial charge in [-0.05, 0) is 30.2 Å². The molecule has 3 heteroatoms. The molecule has 100 valence electrons. The van der Waals surface area contributed by atoms with Crippen LogP contribution in [0.15, 0.2) is 53.0 Å². The Morgan fingerprint density at radius 2 is 1.84 bits per heavy atom. The second-order valence-corrected chi connectivity index (χ2v) is 5.52. The molecule has 0 amide bonds. The predicted molar refractivity (Wildman–Crippen MR) is 78.4 cm³/mol. The number of rotatable bonds is 4. The monoisotopic (exact) mass is 322 g/mol. The Morgan fingerprint density at radius 1 is 1.16 bits per heavy atom. The Labute approximate surface area is 121 Å². The van der Waals surface area contributed by atoms with E-state index in [-0.39, 0.29) is 5.82 Å². The van der Waals surface area contributed by atoms with E-state index in [0.29, 0.717) is 17.5 Å². The van der Waals surface area contributed by atoms with Crippen molar-refractivity contribution in [3.05, 3.63) is 69.9 Å². The lowest BCUT2D eigenvalue weighted by Crippen LogP contribution is -2.28. The summed E-state index contributed by atoms with van der Waals surface area (Å²) in [6.07, 6.45) is 1.24. The molecule has 1 atom stereocenters. The smallest absolute Gasteiger partial charge is 0.129 e. The van der Waals surface area contributed by atoms with Gasteiger partial charge >= 0.3 is 0 Å². The standard InChI is InChI=1S/C16H16BrFO/c1-2-10-16(19,12-6-4-3-5-7-12)14-11-13(17)8-9-15(14)18/h3-9,11,19H,2,10H2,1H3. The second kappa shape index (κ2) is 5.85. The molecule has 2 rings (SSSR count). The van der Waals surface area contributed by atoms with Gasteiger partial charge in [0.05, 0.1) is 0 Å². The van der Waals surface area contributed by atoms with Crippen molar-refractivity contribution in [3.8, 4) is 0 Å². The first-order chi connectivity index (χ1) is 9.08. The van der Waals surface area contributed by atoms with E-state index in [4.69, 9.17) is 0 Å². The van der Waals surface area contributed by atoms with Crippen molar-refractivity contribution in [2.75, 3.05) is 0 Å². The van der Waals surface area contributed by atoms with Gasteiger partial charge in [-0.25, -0.2) is 4.39 Å². The van der Waals surface area contributed by atoms with Crippen molar-refractivity contribution < 1.29 is 9.50 Å². The predicted octanol–water partition coefficient (Wildman–Crippen LogP) is 4.62. The number of hydrogen-bond acceptors (Lipinski definition) is 1. The molecule has 2 aromatic carbocycles. The Hall–Kier alpha value is -1.19. The van der Waals surface area contributed by atoms with Gasteiger partial charge in [0.25, 0.3) is 0 Å². The lowest BCUT2D eigenvalue weighted by atomic mass is 9.82. The maximum absolute atomic E-state index is 14.1. The number of halogens is 2. The van der Waals surface area contributed by atoms with Gasteiger partial charge in [-0.1, -0.05) is 59.6 Å². The van der Waals surface area contributed by atoms with E-state index in [2.05, 4.69) is 15.9 Å². The van der Waals surface area contributed by atoms with Crippen molar-refractivity contribution in [2.45, 2.75) is 25.4 Å². The highest BCUT2D eigenvalue weighted by Gasteiger charge is 2.33. The molecule has 19 heavy (non-hydrogen) atoms. The summed E-state index contributed by atoms with van der Waals surface area (Å²) >= 11 is 3.33. The van der Waals surface area contributed by atoms with Gasteiger partial charge in [0.15, 0.2) is 0 Å². The molecule has 0 saturated heterocycles. The van der Waals surface area contributed by atoms with Crippen LogP contribution in [-0.2, 0) is 5.60 Å². The highest BCUT2D eigenvalue weighted by Crippen LogP contribution is 2.36. The zero-order valence-electron chi connectivity index (χ0n) is 10.7. The van der Waals surface area contributed by atoms with E-state index < -0.39 is 5.60 Å². The molecule has 1 nitrogen and oxygen atoms in total. The van der Waals surface area contributed by atoms with Gasteiger partial charge in [0, 0.05) is 10.0 Å². The zero-order chi connectivity index (χ0) is 13.9. The molecular formula is C16H16BrFO. The van der Waals surface area contributed by atoms with Crippen LogP contribution in [0, 0.1) is 5.82 Å². The van der Waals surface area contributed by atoms with Gasteiger partial charge in [-0.2, -0.15) is 0 Å². The summed E-state index contributed by atoms with van der Waals surface area (Å²) in [6.45, 7) is 1.98. The minimum absolute atomic E-state index is 0.315. The van der Waals surface area contributed by atoms with E-state index in [0.717, 1.165) is 10.9 Å². The largest absolute Gasteiger partial charge is 0.380 e. The molecule has 0 spiro atoms. The van der Waals surface area contributed by atoms with Crippen LogP contribution in [0.25, 0.3) is 0 Å². The van der Waals surface area contributed by atoms with Gasteiger partial charge in [0.1, 0.15) is 11.4 Å². The first kappa shape index (κ1) is 14.2. The van der Waals surface area contributed by atoms with E-state index in [1.54, 1.807) is 12.1 Å². The van der Waals surface area contributed by atoms with E-state index in [1.165, 1.54) is 6.07 Å². The molecule has 0 fully saturated rings. The molecule has 2 aromatic rings. The van der Waals surface area contributed by atoms with Gasteiger partial charge < -0.3 is 5.11 Å². The summed E-state index contributed by atoms with van der Waals surface area (Å²) in [7, 11) is 0. The summed E-state index contributed by atoms with van der Waals surface area (Å²) in [5.41, 5.74) is -0.257. The first-order valence-electron chi connectivity index (χ1n) is 6.31. The molecule has 0 saturated carbocycles. The fourth-order valence-corrected chi connectivity index (χ4v) is 2.69. The van der Waals surface area contributed by atoms with Crippen LogP contribution in [0.3, 0.4) is 0 Å². The van der Waals surface area contributed by atoms with Gasteiger partial charge in [-0.3, -0.25) is 0 Å². The Morgan fingerprint density at radius 3 is 2.47 bits per heavy atom. The molecule has 0 radical (unpaired) electrons. The average molecular weight is 323 g/mol. The third-order valence-corrected chi connectivity index (χ3v) is 3.73. The minimum Gasteiger partial charge on any atom is -0.380 e. The second-order valence-electron chi connectivity index (χ2n) is 4.60. The quantitative estimate of drug-likeness (QED) is 0.870. The van der Waals surface area contributed by atoms with Crippen molar-refractivity contribution >= 4 is 15.9 Å². The Balaban J connectivity index is 2.59. The molecule has 1 N–H and O–H groups in total. The van der Waals surface area contributed by atoms with Crippen LogP contribution in [-0.4, -0.2) is 5.11 Å². The Bertz CT molecular complexity index is 556. The van der Waals surface area contributed by atoms with Crippen molar-refractivity contribution in [2.24, 2.45) is 0 Å². The zero-order valence-corrected chi connectivity index (χ0v) is 12.3. The molecular weight excluding hydrogens is 307 g/mol. The first-order valence-corrected chi connectivity index (χ1v) is 7.10. The van der Waals surface area contributed by atoms with Crippen molar-refractivity contribution in [3.63, 3.8) is 0 Å². The lowest BCUT2D eigenvalue weighted by molar-refractivity contribution is 0.0662. The van der Waals surface area contributed by atoms with E-state index >= 15 is 0 Å². The highest BCUT2D eigenvalue weighted by molar-refractivity contribution is 9.10. The van der Waals surface area contributed by atoms with Crippen LogP contribution in [0.2, 0.25) is 0 Å². The van der Waals surface area contributed by atoms with E-state index in [9.17, 15) is 9.50 Å². The van der Waals surface area contributed by atoms with Gasteiger partial charge in [0.2, 0.25) is 0 Å². The van der Waals surface area contributed by atoms with Crippen LogP contribution < -0.4 is 0 Å². The third-order valence-electron chi connectivity index (χ3n) is 3.24. The highest BCUT2D eigenvalue weighted by atomic mass is 79.9. The van der Waals surface area contributed by atoms with Crippen molar-refractivity contribution in [1.82, 2.24) is 0 Å². The van der Waals surface area contributed by atoms with Gasteiger partial charge in [-0.15, -0.1) is 0 Å². The third kappa shape index (κ3) is 2.88. The Kier molecular flexibility index (Phi) is 4.38. The lowest BCUT2D eigenvalue weighted by Gasteiger charge is -2.29. The van der Waals surface area contributed by atoms with Crippen molar-refractivity contribution in [1.29, 1.82) is 0 Å². The maximum atomic E-state index is 14.1. The molecule has 0 heterocycles. The van der Waals surface area contributed by atoms with Crippen LogP contribution in [0.5, 0.6) is 0 Å². The number of benzene rings is 2. The summed E-state index contributed by atoms with van der Waals surface area (Å²) in [5, 5.41) is 11.0. The van der Waals surface area contributed by atoms with Crippen LogP contribution in [0.1, 0.15) is 30.9 Å². The fourth-order valence-electron chi connectivity index (χ4n) is 2.32. The normalized spacial score (nSPS) is 14.1. The summed E-state index contributed by atoms with van der Waals surface area (Å²) in [6, 6.07) is 13.9. The maximum Gasteiger partial charge on any atom is 0.129 e. The molecule has 0 bridgehead atoms. The molecule has 0 aromatic heterocycles. The summed E-state index contributed by atoms with van der Waals surface area (Å²) in [5.74, 6) is -0.386. The van der Waals surface area contributed by atoms with Crippen LogP contribution >= 0.6 is 15.9 Å². The SMILES string of the molecule is CCCC(O)(c1ccccc1)c1cc(Br)ccc1F. The molecule has 0 aliphatic rings. The number of aliphatic hydroxyl groups is 1. The molecule has 0 aliphatic heterocycles. The fraction of sp³-hybridized carbons (Fsp3) is 0.250. The summed E-state index contributed by atoms with van der Waals surface area (Å²) in [4.78, 5) is 0. The average Bonchev–Trinajstić information content (AvgIpc) is 2.42.